The van der Waals surface area contributed by atoms with E-state index in [9.17, 15) is 18.3 Å². The smallest absolute Gasteiger partial charge is 0.251 e. The largest absolute Gasteiger partial charge is 0.391 e. The van der Waals surface area contributed by atoms with Gasteiger partial charge in [-0.3, -0.25) is 4.79 Å². The molecule has 2 unspecified atom stereocenters. The third kappa shape index (κ3) is 4.68. The minimum atomic E-state index is -3.55. The number of rotatable bonds is 6. The van der Waals surface area contributed by atoms with Crippen molar-refractivity contribution in [1.29, 1.82) is 0 Å². The highest BCUT2D eigenvalue weighted by atomic mass is 32.2. The molecule has 0 bridgehead atoms. The molecule has 1 heterocycles. The van der Waals surface area contributed by atoms with Crippen LogP contribution in [-0.4, -0.2) is 62.6 Å². The number of sulfonamides is 1. The van der Waals surface area contributed by atoms with Crippen molar-refractivity contribution in [3.05, 3.63) is 29.8 Å². The van der Waals surface area contributed by atoms with Gasteiger partial charge in [0.15, 0.2) is 0 Å². The van der Waals surface area contributed by atoms with Crippen LogP contribution in [0.3, 0.4) is 0 Å². The van der Waals surface area contributed by atoms with E-state index in [2.05, 4.69) is 10.6 Å². The summed E-state index contributed by atoms with van der Waals surface area (Å²) in [5.41, 5.74) is 0.412. The number of carbonyl (C=O) groups is 1. The van der Waals surface area contributed by atoms with Crippen LogP contribution >= 0.6 is 0 Å². The maximum absolute atomic E-state index is 12.8. The second-order valence-electron chi connectivity index (χ2n) is 7.53. The number of carbonyl (C=O) groups excluding carboxylic acids is 1. The lowest BCUT2D eigenvalue weighted by Crippen LogP contribution is -2.38. The average Bonchev–Trinajstić information content (AvgIpc) is 3.11. The average molecular weight is 396 g/mol. The lowest BCUT2D eigenvalue weighted by Gasteiger charge is -2.30. The highest BCUT2D eigenvalue weighted by Crippen LogP contribution is 2.26. The molecule has 1 saturated carbocycles. The summed E-state index contributed by atoms with van der Waals surface area (Å²) < 4.78 is 27.2. The molecular formula is C19H29N3O4S. The van der Waals surface area contributed by atoms with Gasteiger partial charge in [0.25, 0.3) is 5.91 Å². The molecule has 1 amide bonds. The molecule has 1 saturated heterocycles. The van der Waals surface area contributed by atoms with E-state index >= 15 is 0 Å². The highest BCUT2D eigenvalue weighted by Gasteiger charge is 2.29. The van der Waals surface area contributed by atoms with E-state index < -0.39 is 16.1 Å². The molecule has 27 heavy (non-hydrogen) atoms. The monoisotopic (exact) mass is 395 g/mol. The van der Waals surface area contributed by atoms with E-state index in [0.717, 1.165) is 25.7 Å². The molecular weight excluding hydrogens is 366 g/mol. The molecule has 0 radical (unpaired) electrons. The van der Waals surface area contributed by atoms with Gasteiger partial charge >= 0.3 is 0 Å². The molecule has 3 rings (SSSR count). The van der Waals surface area contributed by atoms with Crippen LogP contribution in [0.2, 0.25) is 0 Å². The molecule has 8 heteroatoms. The zero-order chi connectivity index (χ0) is 19.4. The van der Waals surface area contributed by atoms with Crippen LogP contribution in [0.15, 0.2) is 29.2 Å². The van der Waals surface area contributed by atoms with E-state index in [4.69, 9.17) is 0 Å². The number of nitrogens with zero attached hydrogens (tertiary/aromatic N) is 1. The zero-order valence-corrected chi connectivity index (χ0v) is 16.5. The Morgan fingerprint density at radius 1 is 1.19 bits per heavy atom. The molecule has 0 spiro atoms. The van der Waals surface area contributed by atoms with Gasteiger partial charge in [0.1, 0.15) is 0 Å². The minimum absolute atomic E-state index is 0.00209. The van der Waals surface area contributed by atoms with Crippen LogP contribution in [0, 0.1) is 5.92 Å². The Bertz CT molecular complexity index is 745. The molecule has 1 aliphatic heterocycles. The first-order chi connectivity index (χ1) is 12.9. The Morgan fingerprint density at radius 2 is 1.85 bits per heavy atom. The summed E-state index contributed by atoms with van der Waals surface area (Å²) in [6, 6.07) is 6.13. The van der Waals surface area contributed by atoms with Crippen molar-refractivity contribution in [1.82, 2.24) is 14.9 Å². The predicted octanol–water partition coefficient (Wildman–Crippen LogP) is 0.950. The normalized spacial score (nSPS) is 24.3. The molecule has 150 valence electrons. The summed E-state index contributed by atoms with van der Waals surface area (Å²) in [6.45, 7) is 1.60. The molecule has 0 aromatic heterocycles. The van der Waals surface area contributed by atoms with E-state index in [-0.39, 0.29) is 22.8 Å². The van der Waals surface area contributed by atoms with Gasteiger partial charge in [-0.05, 0) is 37.1 Å². The third-order valence-corrected chi connectivity index (χ3v) is 7.64. The molecule has 1 aliphatic carbocycles. The van der Waals surface area contributed by atoms with Crippen LogP contribution < -0.4 is 10.6 Å². The fraction of sp³-hybridized carbons (Fsp3) is 0.632. The molecule has 7 nitrogen and oxygen atoms in total. The van der Waals surface area contributed by atoms with Gasteiger partial charge in [0.05, 0.1) is 11.0 Å². The lowest BCUT2D eigenvalue weighted by atomic mass is 9.96. The lowest BCUT2D eigenvalue weighted by molar-refractivity contribution is 0.0927. The van der Waals surface area contributed by atoms with E-state index in [1.807, 2.05) is 0 Å². The number of nitrogens with one attached hydrogen (secondary N) is 2. The number of hydrogen-bond acceptors (Lipinski definition) is 5. The number of benzene rings is 1. The standard InChI is InChI=1S/C19H29N3O4S/c1-22(16-5-3-2-4-6-16)27(25,26)17-9-7-14(8-10-17)19(24)21-12-15-11-20-13-18(15)23/h7-10,15-16,18,20,23H,2-6,11-13H2,1H3,(H,21,24). The van der Waals surface area contributed by atoms with Crippen LogP contribution in [-0.2, 0) is 10.0 Å². The number of hydrogen-bond donors (Lipinski definition) is 3. The summed E-state index contributed by atoms with van der Waals surface area (Å²) >= 11 is 0. The van der Waals surface area contributed by atoms with Gasteiger partial charge in [0, 0.05) is 44.2 Å². The first-order valence-electron chi connectivity index (χ1n) is 9.64. The minimum Gasteiger partial charge on any atom is -0.391 e. The van der Waals surface area contributed by atoms with Gasteiger partial charge in [-0.15, -0.1) is 0 Å². The van der Waals surface area contributed by atoms with Crippen LogP contribution in [0.4, 0.5) is 0 Å². The zero-order valence-electron chi connectivity index (χ0n) is 15.7. The summed E-state index contributed by atoms with van der Waals surface area (Å²) in [5, 5.41) is 15.7. The number of aliphatic hydroxyl groups excluding tert-OH is 1. The first-order valence-corrected chi connectivity index (χ1v) is 11.1. The van der Waals surface area contributed by atoms with Crippen molar-refractivity contribution < 1.29 is 18.3 Å². The Hall–Kier alpha value is -1.48. The van der Waals surface area contributed by atoms with E-state index in [1.54, 1.807) is 19.2 Å². The Labute approximate surface area is 161 Å². The first kappa shape index (κ1) is 20.3. The van der Waals surface area contributed by atoms with Crippen LogP contribution in [0.1, 0.15) is 42.5 Å². The van der Waals surface area contributed by atoms with Crippen molar-refractivity contribution in [3.63, 3.8) is 0 Å². The summed E-state index contributed by atoms with van der Waals surface area (Å²) in [4.78, 5) is 12.5. The third-order valence-electron chi connectivity index (χ3n) is 5.71. The fourth-order valence-corrected chi connectivity index (χ4v) is 5.25. The van der Waals surface area contributed by atoms with Gasteiger partial charge in [-0.2, -0.15) is 4.31 Å². The Balaban J connectivity index is 1.62. The second-order valence-corrected chi connectivity index (χ2v) is 9.53. The quantitative estimate of drug-likeness (QED) is 0.666. The number of β-amino-alcohol motifs (C(OH)–C–C–N with tert-alkyl or cyclic N) is 1. The molecule has 2 aliphatic rings. The SMILES string of the molecule is CN(C1CCCCC1)S(=O)(=O)c1ccc(C(=O)NCC2CNCC2O)cc1. The van der Waals surface area contributed by atoms with Crippen molar-refractivity contribution in [2.75, 3.05) is 26.7 Å². The molecule has 2 fully saturated rings. The fourth-order valence-electron chi connectivity index (χ4n) is 3.84. The van der Waals surface area contributed by atoms with Crippen molar-refractivity contribution in [2.45, 2.75) is 49.1 Å². The summed E-state index contributed by atoms with van der Waals surface area (Å²) in [7, 11) is -1.91. The van der Waals surface area contributed by atoms with Crippen molar-refractivity contribution in [3.8, 4) is 0 Å². The molecule has 2 atom stereocenters. The molecule has 1 aromatic rings. The Morgan fingerprint density at radius 3 is 2.44 bits per heavy atom. The maximum atomic E-state index is 12.8. The van der Waals surface area contributed by atoms with Crippen molar-refractivity contribution >= 4 is 15.9 Å². The van der Waals surface area contributed by atoms with Crippen LogP contribution in [0.5, 0.6) is 0 Å². The molecule has 1 aromatic carbocycles. The predicted molar refractivity (Wildman–Crippen MR) is 103 cm³/mol. The number of amides is 1. The van der Waals surface area contributed by atoms with E-state index in [0.29, 0.717) is 25.2 Å². The summed E-state index contributed by atoms with van der Waals surface area (Å²) in [6.07, 6.45) is 4.65. The Kier molecular flexibility index (Phi) is 6.52. The van der Waals surface area contributed by atoms with Gasteiger partial charge in [0.2, 0.25) is 10.0 Å². The highest BCUT2D eigenvalue weighted by molar-refractivity contribution is 7.89. The van der Waals surface area contributed by atoms with Gasteiger partial charge in [-0.1, -0.05) is 19.3 Å². The van der Waals surface area contributed by atoms with Crippen LogP contribution in [0.25, 0.3) is 0 Å². The number of aliphatic hydroxyl groups is 1. The maximum Gasteiger partial charge on any atom is 0.251 e. The van der Waals surface area contributed by atoms with E-state index in [1.165, 1.54) is 22.9 Å². The van der Waals surface area contributed by atoms with Crippen molar-refractivity contribution in [2.24, 2.45) is 5.92 Å². The second kappa shape index (κ2) is 8.68. The van der Waals surface area contributed by atoms with Gasteiger partial charge in [-0.25, -0.2) is 8.42 Å². The molecule has 3 N–H and O–H groups in total. The van der Waals surface area contributed by atoms with Gasteiger partial charge < -0.3 is 15.7 Å². The topological polar surface area (TPSA) is 98.7 Å². The summed E-state index contributed by atoms with van der Waals surface area (Å²) in [5.74, 6) is -0.267.